The molecule has 2 atom stereocenters. The molecule has 1 aromatic rings. The molecular weight excluding hydrogens is 282 g/mol. The molecule has 2 heterocycles. The van der Waals surface area contributed by atoms with E-state index in [1.165, 1.54) is 43.4 Å². The summed E-state index contributed by atoms with van der Waals surface area (Å²) in [5, 5.41) is 14.4. The van der Waals surface area contributed by atoms with Crippen molar-refractivity contribution in [1.82, 2.24) is 4.90 Å². The summed E-state index contributed by atoms with van der Waals surface area (Å²) in [7, 11) is 0. The predicted molar refractivity (Wildman–Crippen MR) is 84.2 cm³/mol. The standard InChI is InChI=1S/C16H21N3OS/c17-9-13-6-8-21-16(13)18-15(20)11-19-7-5-12-3-1-2-4-14(12)10-19/h6,8,12,14H,1-5,7,10-11H2,(H,18,20). The van der Waals surface area contributed by atoms with Gasteiger partial charge in [0.2, 0.25) is 5.91 Å². The molecule has 21 heavy (non-hydrogen) atoms. The lowest BCUT2D eigenvalue weighted by Crippen LogP contribution is -2.44. The van der Waals surface area contributed by atoms with Gasteiger partial charge in [0.15, 0.2) is 0 Å². The number of fused-ring (bicyclic) bond motifs is 1. The number of nitriles is 1. The molecule has 4 nitrogen and oxygen atoms in total. The number of nitrogens with one attached hydrogen (secondary N) is 1. The Labute approximate surface area is 129 Å². The van der Waals surface area contributed by atoms with Crippen molar-refractivity contribution in [1.29, 1.82) is 5.26 Å². The van der Waals surface area contributed by atoms with Crippen LogP contribution in [0.1, 0.15) is 37.7 Å². The summed E-state index contributed by atoms with van der Waals surface area (Å²) in [4.78, 5) is 14.4. The van der Waals surface area contributed by atoms with Crippen LogP contribution in [0.4, 0.5) is 5.00 Å². The van der Waals surface area contributed by atoms with Crippen LogP contribution in [0.2, 0.25) is 0 Å². The van der Waals surface area contributed by atoms with Crippen LogP contribution in [0.5, 0.6) is 0 Å². The van der Waals surface area contributed by atoms with Crippen LogP contribution in [0.15, 0.2) is 11.4 Å². The lowest BCUT2D eigenvalue weighted by atomic mass is 9.75. The first-order valence-corrected chi connectivity index (χ1v) is 8.64. The molecule has 1 aliphatic heterocycles. The molecule has 1 aliphatic carbocycles. The number of thiophene rings is 1. The maximum absolute atomic E-state index is 12.2. The smallest absolute Gasteiger partial charge is 0.239 e. The predicted octanol–water partition coefficient (Wildman–Crippen LogP) is 3.07. The van der Waals surface area contributed by atoms with Gasteiger partial charge in [0.1, 0.15) is 11.1 Å². The number of likely N-dealkylation sites (tertiary alicyclic amines) is 1. The Morgan fingerprint density at radius 2 is 2.19 bits per heavy atom. The van der Waals surface area contributed by atoms with E-state index in [0.29, 0.717) is 17.1 Å². The number of carbonyl (C=O) groups is 1. The van der Waals surface area contributed by atoms with Gasteiger partial charge in [-0.05, 0) is 42.7 Å². The van der Waals surface area contributed by atoms with Crippen LogP contribution in [0.3, 0.4) is 0 Å². The second-order valence-electron chi connectivity index (χ2n) is 6.15. The van der Waals surface area contributed by atoms with Crippen molar-refractivity contribution >= 4 is 22.2 Å². The average molecular weight is 303 g/mol. The minimum absolute atomic E-state index is 0.00297. The fourth-order valence-corrected chi connectivity index (χ4v) is 4.44. The highest BCUT2D eigenvalue weighted by molar-refractivity contribution is 7.14. The third-order valence-electron chi connectivity index (χ3n) is 4.78. The number of amides is 1. The zero-order valence-corrected chi connectivity index (χ0v) is 13.0. The van der Waals surface area contributed by atoms with E-state index in [1.807, 2.05) is 5.38 Å². The normalized spacial score (nSPS) is 25.9. The summed E-state index contributed by atoms with van der Waals surface area (Å²) < 4.78 is 0. The number of hydrogen-bond acceptors (Lipinski definition) is 4. The number of piperidine rings is 1. The summed E-state index contributed by atoms with van der Waals surface area (Å²) in [6, 6.07) is 3.85. The van der Waals surface area contributed by atoms with E-state index < -0.39 is 0 Å². The molecule has 1 saturated carbocycles. The Hall–Kier alpha value is -1.38. The van der Waals surface area contributed by atoms with Crippen molar-refractivity contribution in [2.75, 3.05) is 25.0 Å². The first kappa shape index (κ1) is 14.6. The van der Waals surface area contributed by atoms with Gasteiger partial charge in [-0.2, -0.15) is 5.26 Å². The van der Waals surface area contributed by atoms with Gasteiger partial charge in [-0.3, -0.25) is 9.69 Å². The van der Waals surface area contributed by atoms with Crippen LogP contribution < -0.4 is 5.32 Å². The van der Waals surface area contributed by atoms with Crippen molar-refractivity contribution in [3.8, 4) is 6.07 Å². The molecule has 1 amide bonds. The van der Waals surface area contributed by atoms with Gasteiger partial charge in [-0.1, -0.05) is 19.3 Å². The van der Waals surface area contributed by atoms with Gasteiger partial charge in [0.05, 0.1) is 12.1 Å². The second kappa shape index (κ2) is 6.59. The van der Waals surface area contributed by atoms with E-state index >= 15 is 0 Å². The highest BCUT2D eigenvalue weighted by Gasteiger charge is 2.31. The highest BCUT2D eigenvalue weighted by Crippen LogP contribution is 2.35. The van der Waals surface area contributed by atoms with Crippen LogP contribution in [-0.2, 0) is 4.79 Å². The minimum atomic E-state index is 0.00297. The van der Waals surface area contributed by atoms with E-state index in [4.69, 9.17) is 5.26 Å². The second-order valence-corrected chi connectivity index (χ2v) is 7.07. The van der Waals surface area contributed by atoms with Crippen LogP contribution >= 0.6 is 11.3 Å². The van der Waals surface area contributed by atoms with Crippen LogP contribution in [0.25, 0.3) is 0 Å². The van der Waals surface area contributed by atoms with E-state index in [1.54, 1.807) is 6.07 Å². The van der Waals surface area contributed by atoms with Crippen molar-refractivity contribution in [2.24, 2.45) is 11.8 Å². The zero-order chi connectivity index (χ0) is 14.7. The number of hydrogen-bond donors (Lipinski definition) is 1. The van der Waals surface area contributed by atoms with Gasteiger partial charge in [0, 0.05) is 6.54 Å². The van der Waals surface area contributed by atoms with E-state index in [2.05, 4.69) is 16.3 Å². The number of anilines is 1. The summed E-state index contributed by atoms with van der Waals surface area (Å²) in [6.45, 7) is 2.55. The molecule has 2 unspecified atom stereocenters. The highest BCUT2D eigenvalue weighted by atomic mass is 32.1. The lowest BCUT2D eigenvalue weighted by Gasteiger charge is -2.41. The maximum atomic E-state index is 12.2. The molecule has 0 radical (unpaired) electrons. The SMILES string of the molecule is N#Cc1ccsc1NC(=O)CN1CCC2CCCCC2C1. The molecule has 112 valence electrons. The maximum Gasteiger partial charge on any atom is 0.239 e. The molecule has 2 fully saturated rings. The summed E-state index contributed by atoms with van der Waals surface area (Å²) in [6.07, 6.45) is 6.68. The molecule has 1 N–H and O–H groups in total. The fourth-order valence-electron chi connectivity index (χ4n) is 3.68. The topological polar surface area (TPSA) is 56.1 Å². The average Bonchev–Trinajstić information content (AvgIpc) is 2.94. The van der Waals surface area contributed by atoms with Gasteiger partial charge in [-0.25, -0.2) is 0 Å². The van der Waals surface area contributed by atoms with Crippen molar-refractivity contribution in [3.05, 3.63) is 17.0 Å². The van der Waals surface area contributed by atoms with Crippen LogP contribution in [-0.4, -0.2) is 30.4 Å². The minimum Gasteiger partial charge on any atom is -0.315 e. The zero-order valence-electron chi connectivity index (χ0n) is 12.2. The molecule has 3 rings (SSSR count). The number of rotatable bonds is 3. The Morgan fingerprint density at radius 1 is 1.38 bits per heavy atom. The van der Waals surface area contributed by atoms with Crippen LogP contribution in [0, 0.1) is 23.2 Å². The Balaban J connectivity index is 1.52. The van der Waals surface area contributed by atoms with E-state index in [-0.39, 0.29) is 5.91 Å². The molecular formula is C16H21N3OS. The van der Waals surface area contributed by atoms with Gasteiger partial charge >= 0.3 is 0 Å². The monoisotopic (exact) mass is 303 g/mol. The molecule has 0 spiro atoms. The Morgan fingerprint density at radius 3 is 3.00 bits per heavy atom. The molecule has 1 aromatic heterocycles. The molecule has 5 heteroatoms. The van der Waals surface area contributed by atoms with Crippen molar-refractivity contribution in [2.45, 2.75) is 32.1 Å². The van der Waals surface area contributed by atoms with Gasteiger partial charge < -0.3 is 5.32 Å². The third kappa shape index (κ3) is 3.45. The largest absolute Gasteiger partial charge is 0.315 e. The van der Waals surface area contributed by atoms with Crippen molar-refractivity contribution < 1.29 is 4.79 Å². The summed E-state index contributed by atoms with van der Waals surface area (Å²) in [5.74, 6) is 1.68. The van der Waals surface area contributed by atoms with E-state index in [0.717, 1.165) is 24.9 Å². The first-order valence-electron chi connectivity index (χ1n) is 7.76. The third-order valence-corrected chi connectivity index (χ3v) is 5.61. The molecule has 1 saturated heterocycles. The Bertz CT molecular complexity index is 548. The molecule has 2 aliphatic rings. The summed E-state index contributed by atoms with van der Waals surface area (Å²) in [5.41, 5.74) is 0.555. The number of carbonyl (C=O) groups excluding carboxylic acids is 1. The van der Waals surface area contributed by atoms with Gasteiger partial charge in [-0.15, -0.1) is 11.3 Å². The summed E-state index contributed by atoms with van der Waals surface area (Å²) >= 11 is 1.41. The van der Waals surface area contributed by atoms with Crippen molar-refractivity contribution in [3.63, 3.8) is 0 Å². The molecule has 0 aromatic carbocycles. The first-order chi connectivity index (χ1) is 10.3. The quantitative estimate of drug-likeness (QED) is 0.933. The van der Waals surface area contributed by atoms with E-state index in [9.17, 15) is 4.79 Å². The number of nitrogens with zero attached hydrogens (tertiary/aromatic N) is 2. The fraction of sp³-hybridized carbons (Fsp3) is 0.625. The lowest BCUT2D eigenvalue weighted by molar-refractivity contribution is -0.118. The Kier molecular flexibility index (Phi) is 4.57. The van der Waals surface area contributed by atoms with Gasteiger partial charge in [0.25, 0.3) is 0 Å². The molecule has 0 bridgehead atoms.